The number of aryl methyl sites for hydroxylation is 1. The molecule has 0 unspecified atom stereocenters. The van der Waals surface area contributed by atoms with E-state index in [4.69, 9.17) is 0 Å². The minimum absolute atomic E-state index is 0.0684. The number of thiazole rings is 1. The van der Waals surface area contributed by atoms with E-state index in [1.807, 2.05) is 17.5 Å². The van der Waals surface area contributed by atoms with Gasteiger partial charge in [-0.05, 0) is 6.92 Å². The third kappa shape index (κ3) is 2.20. The number of aromatic nitrogens is 4. The number of rotatable bonds is 3. The predicted octanol–water partition coefficient (Wildman–Crippen LogP) is 0.931. The van der Waals surface area contributed by atoms with E-state index in [1.54, 1.807) is 17.7 Å². The van der Waals surface area contributed by atoms with Gasteiger partial charge in [0.2, 0.25) is 5.91 Å². The molecule has 4 heterocycles. The molecule has 7 nitrogen and oxygen atoms in total. The van der Waals surface area contributed by atoms with Gasteiger partial charge in [0.25, 0.3) is 0 Å². The largest absolute Gasteiger partial charge is 0.349 e. The molecule has 0 radical (unpaired) electrons. The van der Waals surface area contributed by atoms with Crippen molar-refractivity contribution < 1.29 is 4.79 Å². The summed E-state index contributed by atoms with van der Waals surface area (Å²) in [4.78, 5) is 25.2. The van der Waals surface area contributed by atoms with Crippen LogP contribution in [0.15, 0.2) is 17.9 Å². The Balaban J connectivity index is 1.47. The highest BCUT2D eigenvalue weighted by atomic mass is 32.1. The number of carbonyl (C=O) groups excluding carboxylic acids is 1. The molecule has 8 heteroatoms. The number of hydrogen-bond acceptors (Lipinski definition) is 5. The number of amides is 1. The predicted molar refractivity (Wildman–Crippen MR) is 82.7 cm³/mol. The van der Waals surface area contributed by atoms with E-state index < -0.39 is 0 Å². The molecule has 1 atom stereocenters. The van der Waals surface area contributed by atoms with Gasteiger partial charge < -0.3 is 15.6 Å². The molecule has 0 bridgehead atoms. The first-order chi connectivity index (χ1) is 10.7. The fourth-order valence-electron chi connectivity index (χ4n) is 2.74. The van der Waals surface area contributed by atoms with E-state index in [0.717, 1.165) is 40.7 Å². The van der Waals surface area contributed by atoms with Crippen LogP contribution in [0.25, 0.3) is 4.96 Å². The Hall–Kier alpha value is -2.19. The Morgan fingerprint density at radius 3 is 3.36 bits per heavy atom. The minimum Gasteiger partial charge on any atom is -0.349 e. The Bertz CT molecular complexity index is 831. The Morgan fingerprint density at radius 2 is 2.50 bits per heavy atom. The first-order valence-electron chi connectivity index (χ1n) is 7.17. The number of carbonyl (C=O) groups is 1. The van der Waals surface area contributed by atoms with Crippen LogP contribution in [0, 0.1) is 6.92 Å². The van der Waals surface area contributed by atoms with Crippen LogP contribution in [-0.4, -0.2) is 31.8 Å². The van der Waals surface area contributed by atoms with E-state index in [2.05, 4.69) is 31.0 Å². The lowest BCUT2D eigenvalue weighted by Crippen LogP contribution is -2.41. The van der Waals surface area contributed by atoms with Crippen molar-refractivity contribution in [3.8, 4) is 0 Å². The average molecular weight is 316 g/mol. The maximum atomic E-state index is 12.4. The zero-order chi connectivity index (χ0) is 15.1. The Morgan fingerprint density at radius 1 is 1.59 bits per heavy atom. The summed E-state index contributed by atoms with van der Waals surface area (Å²) in [5.41, 5.74) is 3.85. The second-order valence-corrected chi connectivity index (χ2v) is 6.22. The fourth-order valence-corrected chi connectivity index (χ4v) is 3.61. The van der Waals surface area contributed by atoms with Crippen molar-refractivity contribution >= 4 is 22.2 Å². The first-order valence-corrected chi connectivity index (χ1v) is 8.05. The van der Waals surface area contributed by atoms with Crippen molar-refractivity contribution in [1.29, 1.82) is 0 Å². The Kier molecular flexibility index (Phi) is 3.20. The topological polar surface area (TPSA) is 87.1 Å². The van der Waals surface area contributed by atoms with E-state index in [-0.39, 0.29) is 11.9 Å². The van der Waals surface area contributed by atoms with Crippen LogP contribution in [0.2, 0.25) is 0 Å². The lowest BCUT2D eigenvalue weighted by Gasteiger charge is -2.21. The smallest absolute Gasteiger partial charge is 0.243 e. The lowest BCUT2D eigenvalue weighted by molar-refractivity contribution is -0.123. The molecule has 114 valence electrons. The molecule has 1 aliphatic rings. The quantitative estimate of drug-likeness (QED) is 0.671. The minimum atomic E-state index is -0.388. The summed E-state index contributed by atoms with van der Waals surface area (Å²) in [6.45, 7) is 3.23. The summed E-state index contributed by atoms with van der Waals surface area (Å²) in [6, 6.07) is -0.388. The number of fused-ring (bicyclic) bond motifs is 2. The SMILES string of the molecule is Cc1csc2nc(CNC(=O)[C@@H]3NCCc4[nH]cnc43)cn12. The van der Waals surface area contributed by atoms with Gasteiger partial charge in [0.05, 0.1) is 24.3 Å². The van der Waals surface area contributed by atoms with Gasteiger partial charge in [-0.15, -0.1) is 11.3 Å². The molecule has 3 aromatic rings. The van der Waals surface area contributed by atoms with Crippen molar-refractivity contribution in [2.45, 2.75) is 25.9 Å². The fraction of sp³-hybridized carbons (Fsp3) is 0.357. The highest BCUT2D eigenvalue weighted by Crippen LogP contribution is 2.19. The number of aromatic amines is 1. The van der Waals surface area contributed by atoms with Gasteiger partial charge in [-0.3, -0.25) is 9.20 Å². The van der Waals surface area contributed by atoms with Crippen LogP contribution in [0.5, 0.6) is 0 Å². The highest BCUT2D eigenvalue weighted by molar-refractivity contribution is 7.15. The number of nitrogens with one attached hydrogen (secondary N) is 3. The molecular weight excluding hydrogens is 300 g/mol. The summed E-state index contributed by atoms with van der Waals surface area (Å²) < 4.78 is 2.04. The maximum Gasteiger partial charge on any atom is 0.243 e. The standard InChI is InChI=1S/C14H16N6OS/c1-8-6-22-14-19-9(5-20(8)14)4-16-13(21)12-11-10(2-3-15-12)17-7-18-11/h5-7,12,15H,2-4H2,1H3,(H,16,21)(H,17,18)/t12-/m1/s1. The van der Waals surface area contributed by atoms with Gasteiger partial charge in [0, 0.05) is 35.9 Å². The summed E-state index contributed by atoms with van der Waals surface area (Å²) >= 11 is 1.60. The molecule has 22 heavy (non-hydrogen) atoms. The van der Waals surface area contributed by atoms with Crippen LogP contribution in [0.1, 0.15) is 28.8 Å². The van der Waals surface area contributed by atoms with Gasteiger partial charge in [-0.1, -0.05) is 0 Å². The molecule has 0 saturated carbocycles. The van der Waals surface area contributed by atoms with E-state index >= 15 is 0 Å². The van der Waals surface area contributed by atoms with Crippen LogP contribution >= 0.6 is 11.3 Å². The number of imidazole rings is 2. The van der Waals surface area contributed by atoms with Crippen LogP contribution in [0.4, 0.5) is 0 Å². The zero-order valence-corrected chi connectivity index (χ0v) is 12.9. The summed E-state index contributed by atoms with van der Waals surface area (Å²) in [7, 11) is 0. The van der Waals surface area contributed by atoms with Crippen molar-refractivity contribution in [3.63, 3.8) is 0 Å². The Labute approximate surface area is 130 Å². The van der Waals surface area contributed by atoms with Crippen LogP contribution in [0.3, 0.4) is 0 Å². The van der Waals surface area contributed by atoms with Gasteiger partial charge >= 0.3 is 0 Å². The summed E-state index contributed by atoms with van der Waals surface area (Å²) in [5, 5.41) is 8.22. The van der Waals surface area contributed by atoms with Gasteiger partial charge in [0.1, 0.15) is 6.04 Å². The number of hydrogen-bond donors (Lipinski definition) is 3. The second-order valence-electron chi connectivity index (χ2n) is 5.38. The summed E-state index contributed by atoms with van der Waals surface area (Å²) in [5.74, 6) is -0.0684. The normalized spacial score (nSPS) is 17.6. The van der Waals surface area contributed by atoms with E-state index in [1.165, 1.54) is 0 Å². The highest BCUT2D eigenvalue weighted by Gasteiger charge is 2.28. The third-order valence-electron chi connectivity index (χ3n) is 3.89. The molecule has 3 N–H and O–H groups in total. The zero-order valence-electron chi connectivity index (χ0n) is 12.1. The van der Waals surface area contributed by atoms with Gasteiger partial charge in [-0.2, -0.15) is 0 Å². The molecule has 4 rings (SSSR count). The average Bonchev–Trinajstić information content (AvgIpc) is 3.21. The summed E-state index contributed by atoms with van der Waals surface area (Å²) in [6.07, 6.45) is 4.48. The van der Waals surface area contributed by atoms with Crippen molar-refractivity contribution in [1.82, 2.24) is 30.0 Å². The molecule has 3 aromatic heterocycles. The monoisotopic (exact) mass is 316 g/mol. The molecule has 1 aliphatic heterocycles. The van der Waals surface area contributed by atoms with E-state index in [9.17, 15) is 4.79 Å². The number of H-pyrrole nitrogens is 1. The van der Waals surface area contributed by atoms with Gasteiger partial charge in [-0.25, -0.2) is 9.97 Å². The molecular formula is C14H16N6OS. The second kappa shape index (κ2) is 5.22. The molecule has 0 fully saturated rings. The lowest BCUT2D eigenvalue weighted by atomic mass is 10.1. The van der Waals surface area contributed by atoms with Crippen LogP contribution < -0.4 is 10.6 Å². The van der Waals surface area contributed by atoms with Crippen molar-refractivity contribution in [2.75, 3.05) is 6.54 Å². The van der Waals surface area contributed by atoms with E-state index in [0.29, 0.717) is 6.54 Å². The molecule has 0 aliphatic carbocycles. The van der Waals surface area contributed by atoms with Crippen LogP contribution in [-0.2, 0) is 17.8 Å². The first kappa shape index (κ1) is 13.5. The molecule has 0 aromatic carbocycles. The molecule has 0 spiro atoms. The third-order valence-corrected chi connectivity index (χ3v) is 4.85. The molecule has 1 amide bonds. The number of nitrogens with zero attached hydrogens (tertiary/aromatic N) is 3. The van der Waals surface area contributed by atoms with Crippen molar-refractivity contribution in [3.05, 3.63) is 40.7 Å². The maximum absolute atomic E-state index is 12.4. The van der Waals surface area contributed by atoms with Crippen molar-refractivity contribution in [2.24, 2.45) is 0 Å². The van der Waals surface area contributed by atoms with Gasteiger partial charge in [0.15, 0.2) is 4.96 Å². The molecule has 0 saturated heterocycles.